The van der Waals surface area contributed by atoms with E-state index in [-0.39, 0.29) is 5.78 Å². The minimum Gasteiger partial charge on any atom is -0.295 e. The summed E-state index contributed by atoms with van der Waals surface area (Å²) < 4.78 is 0. The van der Waals surface area contributed by atoms with Gasteiger partial charge in [-0.3, -0.25) is 4.79 Å². The molecule has 0 saturated carbocycles. The van der Waals surface area contributed by atoms with E-state index in [9.17, 15) is 4.79 Å². The van der Waals surface area contributed by atoms with Crippen LogP contribution in [0.5, 0.6) is 0 Å². The van der Waals surface area contributed by atoms with Gasteiger partial charge in [-0.15, -0.1) is 0 Å². The van der Waals surface area contributed by atoms with Crippen LogP contribution in [-0.2, 0) is 4.79 Å². The van der Waals surface area contributed by atoms with Crippen LogP contribution in [0.3, 0.4) is 0 Å². The molecular weight excluding hydrogens is 184 g/mol. The summed E-state index contributed by atoms with van der Waals surface area (Å²) in [5, 5.41) is 0. The first-order valence-electron chi connectivity index (χ1n) is 5.79. The Kier molecular flexibility index (Phi) is 3.40. The van der Waals surface area contributed by atoms with Crippen LogP contribution < -0.4 is 0 Å². The Bertz CT molecular complexity index is 374. The molecule has 0 N–H and O–H groups in total. The molecule has 2 aliphatic rings. The summed E-state index contributed by atoms with van der Waals surface area (Å²) >= 11 is 0. The van der Waals surface area contributed by atoms with Gasteiger partial charge in [-0.25, -0.2) is 0 Å². The van der Waals surface area contributed by atoms with Gasteiger partial charge in [-0.1, -0.05) is 17.9 Å². The van der Waals surface area contributed by atoms with E-state index < -0.39 is 0 Å². The molecule has 2 rings (SSSR count). The molecular formula is C14H16O. The molecule has 0 aromatic heterocycles. The number of ketones is 1. The minimum atomic E-state index is 0.239. The van der Waals surface area contributed by atoms with Crippen LogP contribution in [0.4, 0.5) is 0 Å². The fraction of sp³-hybridized carbons (Fsp3) is 0.500. The first-order chi connectivity index (χ1) is 7.34. The summed E-state index contributed by atoms with van der Waals surface area (Å²) in [7, 11) is 0. The van der Waals surface area contributed by atoms with Crippen LogP contribution in [0.15, 0.2) is 23.3 Å². The summed E-state index contributed by atoms with van der Waals surface area (Å²) in [4.78, 5) is 11.2. The number of rotatable bonds is 0. The standard InChI is InChI=1S/C14H16O/c15-14-8-4-7-13(11-14)10-9-12-5-2-1-3-6-12/h5,11H,1-4,6-8H2. The number of hydrogen-bond acceptors (Lipinski definition) is 1. The zero-order chi connectivity index (χ0) is 10.5. The molecule has 0 unspecified atom stereocenters. The van der Waals surface area contributed by atoms with Crippen molar-refractivity contribution in [3.05, 3.63) is 23.3 Å². The van der Waals surface area contributed by atoms with Crippen molar-refractivity contribution in [2.75, 3.05) is 0 Å². The molecule has 0 aromatic rings. The summed E-state index contributed by atoms with van der Waals surface area (Å²) in [6, 6.07) is 0. The Morgan fingerprint density at radius 3 is 2.47 bits per heavy atom. The molecule has 0 bridgehead atoms. The smallest absolute Gasteiger partial charge is 0.156 e. The fourth-order valence-corrected chi connectivity index (χ4v) is 2.00. The summed E-state index contributed by atoms with van der Waals surface area (Å²) in [5.41, 5.74) is 2.29. The molecule has 78 valence electrons. The van der Waals surface area contributed by atoms with Crippen molar-refractivity contribution < 1.29 is 4.79 Å². The first kappa shape index (κ1) is 10.2. The molecule has 0 radical (unpaired) electrons. The summed E-state index contributed by atoms with van der Waals surface area (Å²) in [6.07, 6.45) is 11.5. The van der Waals surface area contributed by atoms with E-state index in [1.165, 1.54) is 24.8 Å². The molecule has 0 aliphatic heterocycles. The fourth-order valence-electron chi connectivity index (χ4n) is 2.00. The highest BCUT2D eigenvalue weighted by atomic mass is 16.1. The van der Waals surface area contributed by atoms with Gasteiger partial charge in [0.1, 0.15) is 0 Å². The van der Waals surface area contributed by atoms with E-state index in [4.69, 9.17) is 0 Å². The van der Waals surface area contributed by atoms with Gasteiger partial charge in [0.25, 0.3) is 0 Å². The van der Waals surface area contributed by atoms with Crippen molar-refractivity contribution in [3.8, 4) is 11.8 Å². The lowest BCUT2D eigenvalue weighted by Crippen LogP contribution is -2.01. The molecule has 0 fully saturated rings. The Balaban J connectivity index is 2.04. The third-order valence-corrected chi connectivity index (χ3v) is 2.88. The number of carbonyl (C=O) groups excluding carboxylic acids is 1. The maximum absolute atomic E-state index is 11.2. The van der Waals surface area contributed by atoms with E-state index in [0.717, 1.165) is 24.8 Å². The maximum Gasteiger partial charge on any atom is 0.156 e. The van der Waals surface area contributed by atoms with Crippen molar-refractivity contribution in [2.24, 2.45) is 0 Å². The van der Waals surface area contributed by atoms with Crippen molar-refractivity contribution in [3.63, 3.8) is 0 Å². The van der Waals surface area contributed by atoms with Crippen LogP contribution in [0.2, 0.25) is 0 Å². The third kappa shape index (κ3) is 3.09. The average molecular weight is 200 g/mol. The van der Waals surface area contributed by atoms with Gasteiger partial charge in [-0.2, -0.15) is 0 Å². The zero-order valence-electron chi connectivity index (χ0n) is 9.01. The molecule has 0 amide bonds. The highest BCUT2D eigenvalue weighted by Gasteiger charge is 2.07. The highest BCUT2D eigenvalue weighted by Crippen LogP contribution is 2.18. The van der Waals surface area contributed by atoms with Crippen LogP contribution in [0.25, 0.3) is 0 Å². The van der Waals surface area contributed by atoms with Gasteiger partial charge in [-0.05, 0) is 50.2 Å². The van der Waals surface area contributed by atoms with E-state index >= 15 is 0 Å². The zero-order valence-corrected chi connectivity index (χ0v) is 9.01. The predicted molar refractivity (Wildman–Crippen MR) is 61.3 cm³/mol. The quantitative estimate of drug-likeness (QED) is 0.549. The van der Waals surface area contributed by atoms with E-state index in [2.05, 4.69) is 17.9 Å². The average Bonchev–Trinajstić information content (AvgIpc) is 2.28. The lowest BCUT2D eigenvalue weighted by atomic mass is 9.97. The molecule has 15 heavy (non-hydrogen) atoms. The molecule has 0 spiro atoms. The van der Waals surface area contributed by atoms with Gasteiger partial charge in [0, 0.05) is 12.0 Å². The molecule has 0 heterocycles. The van der Waals surface area contributed by atoms with Crippen LogP contribution in [0.1, 0.15) is 44.9 Å². The van der Waals surface area contributed by atoms with Crippen LogP contribution in [0, 0.1) is 11.8 Å². The normalized spacial score (nSPS) is 21.2. The number of allylic oxidation sites excluding steroid dienone is 4. The maximum atomic E-state index is 11.2. The molecule has 0 aromatic carbocycles. The number of carbonyl (C=O) groups is 1. The SMILES string of the molecule is O=C1C=C(C#CC2=CCCCC2)CCC1. The second-order valence-corrected chi connectivity index (χ2v) is 4.21. The van der Waals surface area contributed by atoms with Gasteiger partial charge >= 0.3 is 0 Å². The van der Waals surface area contributed by atoms with E-state index in [0.29, 0.717) is 6.42 Å². The van der Waals surface area contributed by atoms with Crippen LogP contribution >= 0.6 is 0 Å². The van der Waals surface area contributed by atoms with Crippen molar-refractivity contribution >= 4 is 5.78 Å². The van der Waals surface area contributed by atoms with Crippen molar-refractivity contribution in [1.29, 1.82) is 0 Å². The third-order valence-electron chi connectivity index (χ3n) is 2.88. The Morgan fingerprint density at radius 2 is 1.73 bits per heavy atom. The van der Waals surface area contributed by atoms with Crippen LogP contribution in [-0.4, -0.2) is 5.78 Å². The minimum absolute atomic E-state index is 0.239. The van der Waals surface area contributed by atoms with Gasteiger partial charge in [0.15, 0.2) is 5.78 Å². The molecule has 0 saturated heterocycles. The second kappa shape index (κ2) is 4.98. The molecule has 2 aliphatic carbocycles. The largest absolute Gasteiger partial charge is 0.295 e. The highest BCUT2D eigenvalue weighted by molar-refractivity contribution is 5.91. The Labute approximate surface area is 91.3 Å². The summed E-state index contributed by atoms with van der Waals surface area (Å²) in [6.45, 7) is 0. The van der Waals surface area contributed by atoms with Gasteiger partial charge in [0.05, 0.1) is 0 Å². The van der Waals surface area contributed by atoms with E-state index in [1.54, 1.807) is 6.08 Å². The van der Waals surface area contributed by atoms with Crippen molar-refractivity contribution in [1.82, 2.24) is 0 Å². The lowest BCUT2D eigenvalue weighted by molar-refractivity contribution is -0.115. The monoisotopic (exact) mass is 200 g/mol. The Morgan fingerprint density at radius 1 is 0.933 bits per heavy atom. The van der Waals surface area contributed by atoms with Gasteiger partial charge < -0.3 is 0 Å². The molecule has 1 heteroatoms. The second-order valence-electron chi connectivity index (χ2n) is 4.21. The van der Waals surface area contributed by atoms with E-state index in [1.807, 2.05) is 0 Å². The predicted octanol–water partition coefficient (Wildman–Crippen LogP) is 3.17. The van der Waals surface area contributed by atoms with Crippen molar-refractivity contribution in [2.45, 2.75) is 44.9 Å². The topological polar surface area (TPSA) is 17.1 Å². The Hall–Kier alpha value is -1.29. The molecule has 1 nitrogen and oxygen atoms in total. The molecule has 0 atom stereocenters. The first-order valence-corrected chi connectivity index (χ1v) is 5.79. The van der Waals surface area contributed by atoms with Gasteiger partial charge in [0.2, 0.25) is 0 Å². The number of hydrogen-bond donors (Lipinski definition) is 0. The summed E-state index contributed by atoms with van der Waals surface area (Å²) in [5.74, 6) is 6.59. The lowest BCUT2D eigenvalue weighted by Gasteiger charge is -2.07.